The Kier molecular flexibility index (Phi) is 2.44. The molecule has 1 aromatic heterocycles. The van der Waals surface area contributed by atoms with Crippen LogP contribution < -0.4 is 0 Å². The fourth-order valence-electron chi connectivity index (χ4n) is 1.49. The van der Waals surface area contributed by atoms with Crippen LogP contribution in [-0.2, 0) is 11.8 Å². The van der Waals surface area contributed by atoms with E-state index in [2.05, 4.69) is 4.98 Å². The Labute approximate surface area is 90.6 Å². The molecular formula is C11H9FN2O2. The van der Waals surface area contributed by atoms with Gasteiger partial charge in [-0.3, -0.25) is 0 Å². The van der Waals surface area contributed by atoms with Crippen molar-refractivity contribution in [2.75, 3.05) is 0 Å². The lowest BCUT2D eigenvalue weighted by atomic mass is 10.3. The second-order valence-electron chi connectivity index (χ2n) is 3.33. The van der Waals surface area contributed by atoms with E-state index in [9.17, 15) is 9.18 Å². The maximum absolute atomic E-state index is 12.9. The van der Waals surface area contributed by atoms with E-state index in [-0.39, 0.29) is 5.82 Å². The van der Waals surface area contributed by atoms with E-state index in [0.29, 0.717) is 11.3 Å². The predicted molar refractivity (Wildman–Crippen MR) is 57.3 cm³/mol. The third-order valence-electron chi connectivity index (χ3n) is 2.25. The van der Waals surface area contributed by atoms with Gasteiger partial charge in [-0.05, 0) is 18.2 Å². The van der Waals surface area contributed by atoms with Crippen molar-refractivity contribution < 1.29 is 14.3 Å². The van der Waals surface area contributed by atoms with Gasteiger partial charge in [0.05, 0.1) is 11.0 Å². The molecule has 2 rings (SSSR count). The van der Waals surface area contributed by atoms with Crippen LogP contribution in [0.1, 0.15) is 5.82 Å². The minimum absolute atomic E-state index is 0.362. The molecule has 0 aliphatic heterocycles. The molecule has 4 nitrogen and oxygen atoms in total. The van der Waals surface area contributed by atoms with Gasteiger partial charge in [0.1, 0.15) is 11.6 Å². The Balaban J connectivity index is 2.55. The number of carboxylic acid groups (broad SMARTS) is 1. The molecule has 2 aromatic rings. The zero-order chi connectivity index (χ0) is 11.7. The van der Waals surface area contributed by atoms with Crippen LogP contribution >= 0.6 is 0 Å². The van der Waals surface area contributed by atoms with Crippen molar-refractivity contribution in [3.05, 3.63) is 35.9 Å². The second-order valence-corrected chi connectivity index (χ2v) is 3.33. The van der Waals surface area contributed by atoms with Gasteiger partial charge in [-0.1, -0.05) is 0 Å². The van der Waals surface area contributed by atoms with Gasteiger partial charge in [0, 0.05) is 19.2 Å². The maximum Gasteiger partial charge on any atom is 0.328 e. The number of aromatic nitrogens is 2. The van der Waals surface area contributed by atoms with Gasteiger partial charge in [0.2, 0.25) is 0 Å². The SMILES string of the molecule is Cn1c(/C=C/C(=O)O)nc2cc(F)ccc21. The third kappa shape index (κ3) is 1.79. The normalized spacial score (nSPS) is 11.4. The molecule has 0 bridgehead atoms. The van der Waals surface area contributed by atoms with Gasteiger partial charge in [0.25, 0.3) is 0 Å². The lowest BCUT2D eigenvalue weighted by Gasteiger charge is -1.95. The van der Waals surface area contributed by atoms with E-state index in [1.807, 2.05) is 0 Å². The summed E-state index contributed by atoms with van der Waals surface area (Å²) in [4.78, 5) is 14.5. The Morgan fingerprint density at radius 1 is 1.56 bits per heavy atom. The molecule has 0 aliphatic rings. The highest BCUT2D eigenvalue weighted by Crippen LogP contribution is 2.16. The quantitative estimate of drug-likeness (QED) is 0.785. The van der Waals surface area contributed by atoms with E-state index in [0.717, 1.165) is 11.6 Å². The number of aryl methyl sites for hydroxylation is 1. The number of carboxylic acids is 1. The predicted octanol–water partition coefficient (Wildman–Crippen LogP) is 1.81. The highest BCUT2D eigenvalue weighted by molar-refractivity contribution is 5.86. The minimum atomic E-state index is -1.04. The number of aliphatic carboxylic acids is 1. The molecule has 0 saturated heterocycles. The lowest BCUT2D eigenvalue weighted by molar-refractivity contribution is -0.131. The van der Waals surface area contributed by atoms with Gasteiger partial charge >= 0.3 is 5.97 Å². The number of rotatable bonds is 2. The fraction of sp³-hybridized carbons (Fsp3) is 0.0909. The van der Waals surface area contributed by atoms with Gasteiger partial charge in [-0.25, -0.2) is 14.2 Å². The van der Waals surface area contributed by atoms with Crippen molar-refractivity contribution in [1.29, 1.82) is 0 Å². The van der Waals surface area contributed by atoms with E-state index >= 15 is 0 Å². The zero-order valence-corrected chi connectivity index (χ0v) is 8.51. The van der Waals surface area contributed by atoms with Crippen LogP contribution in [0, 0.1) is 5.82 Å². The number of benzene rings is 1. The van der Waals surface area contributed by atoms with E-state index in [1.54, 1.807) is 17.7 Å². The van der Waals surface area contributed by atoms with Crippen molar-refractivity contribution >= 4 is 23.1 Å². The number of hydrogen-bond donors (Lipinski definition) is 1. The van der Waals surface area contributed by atoms with Crippen LogP contribution in [0.4, 0.5) is 4.39 Å². The van der Waals surface area contributed by atoms with Crippen molar-refractivity contribution in [3.63, 3.8) is 0 Å². The Morgan fingerprint density at radius 3 is 3.00 bits per heavy atom. The molecule has 0 radical (unpaired) electrons. The molecule has 16 heavy (non-hydrogen) atoms. The molecule has 0 spiro atoms. The van der Waals surface area contributed by atoms with Gasteiger partial charge in [-0.15, -0.1) is 0 Å². The third-order valence-corrected chi connectivity index (χ3v) is 2.25. The first-order valence-corrected chi connectivity index (χ1v) is 4.61. The molecule has 1 aromatic carbocycles. The highest BCUT2D eigenvalue weighted by Gasteiger charge is 2.06. The number of carbonyl (C=O) groups is 1. The summed E-state index contributed by atoms with van der Waals surface area (Å²) in [5, 5.41) is 8.50. The average molecular weight is 220 g/mol. The second kappa shape index (κ2) is 3.77. The molecule has 0 saturated carbocycles. The largest absolute Gasteiger partial charge is 0.478 e. The molecule has 0 fully saturated rings. The van der Waals surface area contributed by atoms with Crippen molar-refractivity contribution in [2.24, 2.45) is 7.05 Å². The standard InChI is InChI=1S/C11H9FN2O2/c1-14-9-3-2-7(12)6-8(9)13-10(14)4-5-11(15)16/h2-6H,1H3,(H,15,16)/b5-4+. The van der Waals surface area contributed by atoms with Crippen molar-refractivity contribution in [1.82, 2.24) is 9.55 Å². The summed E-state index contributed by atoms with van der Waals surface area (Å²) in [5.74, 6) is -0.930. The number of hydrogen-bond acceptors (Lipinski definition) is 2. The monoisotopic (exact) mass is 220 g/mol. The van der Waals surface area contributed by atoms with Crippen LogP contribution in [-0.4, -0.2) is 20.6 Å². The summed E-state index contributed by atoms with van der Waals surface area (Å²) < 4.78 is 14.6. The molecular weight excluding hydrogens is 211 g/mol. The number of halogens is 1. The van der Waals surface area contributed by atoms with Gasteiger partial charge < -0.3 is 9.67 Å². The maximum atomic E-state index is 12.9. The molecule has 5 heteroatoms. The average Bonchev–Trinajstić information content (AvgIpc) is 2.52. The summed E-state index contributed by atoms with van der Waals surface area (Å²) >= 11 is 0. The fourth-order valence-corrected chi connectivity index (χ4v) is 1.49. The molecule has 1 heterocycles. The summed E-state index contributed by atoms with van der Waals surface area (Å²) in [6.07, 6.45) is 2.37. The lowest BCUT2D eigenvalue weighted by Crippen LogP contribution is -1.93. The Bertz CT molecular complexity index is 587. The van der Waals surface area contributed by atoms with E-state index < -0.39 is 5.97 Å². The molecule has 82 valence electrons. The first-order chi connectivity index (χ1) is 7.58. The number of fused-ring (bicyclic) bond motifs is 1. The first-order valence-electron chi connectivity index (χ1n) is 4.61. The highest BCUT2D eigenvalue weighted by atomic mass is 19.1. The van der Waals surface area contributed by atoms with Crippen molar-refractivity contribution in [2.45, 2.75) is 0 Å². The molecule has 0 atom stereocenters. The summed E-state index contributed by atoms with van der Waals surface area (Å²) in [6.45, 7) is 0. The van der Waals surface area contributed by atoms with E-state index in [1.165, 1.54) is 18.2 Å². The zero-order valence-electron chi connectivity index (χ0n) is 8.51. The van der Waals surface area contributed by atoms with Crippen LogP contribution in [0.2, 0.25) is 0 Å². The van der Waals surface area contributed by atoms with Gasteiger partial charge in [0.15, 0.2) is 0 Å². The van der Waals surface area contributed by atoms with Gasteiger partial charge in [-0.2, -0.15) is 0 Å². The van der Waals surface area contributed by atoms with Crippen LogP contribution in [0.3, 0.4) is 0 Å². The Hall–Kier alpha value is -2.17. The smallest absolute Gasteiger partial charge is 0.328 e. The minimum Gasteiger partial charge on any atom is -0.478 e. The molecule has 1 N–H and O–H groups in total. The van der Waals surface area contributed by atoms with Crippen LogP contribution in [0.25, 0.3) is 17.1 Å². The summed E-state index contributed by atoms with van der Waals surface area (Å²) in [6, 6.07) is 4.26. The van der Waals surface area contributed by atoms with Crippen LogP contribution in [0.15, 0.2) is 24.3 Å². The van der Waals surface area contributed by atoms with Crippen molar-refractivity contribution in [3.8, 4) is 0 Å². The molecule has 0 unspecified atom stereocenters. The summed E-state index contributed by atoms with van der Waals surface area (Å²) in [5.41, 5.74) is 1.26. The first kappa shape index (κ1) is 10.4. The topological polar surface area (TPSA) is 55.1 Å². The molecule has 0 aliphatic carbocycles. The Morgan fingerprint density at radius 2 is 2.31 bits per heavy atom. The van der Waals surface area contributed by atoms with Crippen LogP contribution in [0.5, 0.6) is 0 Å². The van der Waals surface area contributed by atoms with E-state index in [4.69, 9.17) is 5.11 Å². The molecule has 0 amide bonds. The number of imidazole rings is 1. The summed E-state index contributed by atoms with van der Waals surface area (Å²) in [7, 11) is 1.74. The number of nitrogens with zero attached hydrogens (tertiary/aromatic N) is 2.